The fourth-order valence-corrected chi connectivity index (χ4v) is 2.19. The molecular weight excluding hydrogens is 314 g/mol. The zero-order valence-corrected chi connectivity index (χ0v) is 12.7. The van der Waals surface area contributed by atoms with Gasteiger partial charge in [-0.25, -0.2) is 4.79 Å². The molecule has 122 valence electrons. The van der Waals surface area contributed by atoms with Gasteiger partial charge in [0.15, 0.2) is 18.2 Å². The summed E-state index contributed by atoms with van der Waals surface area (Å²) in [4.78, 5) is 35.4. The monoisotopic (exact) mass is 327 g/mol. The van der Waals surface area contributed by atoms with Crippen molar-refractivity contribution in [3.8, 4) is 0 Å². The number of furan rings is 2. The Morgan fingerprint density at radius 2 is 1.96 bits per heavy atom. The third kappa shape index (κ3) is 3.05. The van der Waals surface area contributed by atoms with Crippen LogP contribution in [0.25, 0.3) is 11.0 Å². The summed E-state index contributed by atoms with van der Waals surface area (Å²) in [6.07, 6.45) is 2.55. The van der Waals surface area contributed by atoms with E-state index in [1.807, 2.05) is 0 Å². The van der Waals surface area contributed by atoms with Crippen molar-refractivity contribution >= 4 is 34.3 Å². The lowest BCUT2D eigenvalue weighted by atomic mass is 10.2. The number of para-hydroxylation sites is 1. The normalized spacial score (nSPS) is 10.5. The maximum Gasteiger partial charge on any atom is 0.341 e. The minimum atomic E-state index is -0.678. The van der Waals surface area contributed by atoms with Gasteiger partial charge in [0.05, 0.1) is 17.5 Å². The highest BCUT2D eigenvalue weighted by Gasteiger charge is 2.20. The lowest BCUT2D eigenvalue weighted by molar-refractivity contribution is -0.119. The zero-order valence-electron chi connectivity index (χ0n) is 12.7. The van der Waals surface area contributed by atoms with Crippen LogP contribution in [0.1, 0.15) is 27.8 Å². The van der Waals surface area contributed by atoms with E-state index in [1.54, 1.807) is 24.3 Å². The van der Waals surface area contributed by atoms with E-state index in [0.717, 1.165) is 0 Å². The van der Waals surface area contributed by atoms with Crippen molar-refractivity contribution in [2.75, 3.05) is 11.9 Å². The molecule has 2 heterocycles. The summed E-state index contributed by atoms with van der Waals surface area (Å²) in [6, 6.07) is 8.36. The number of hydrogen-bond acceptors (Lipinski definition) is 6. The number of Topliss-reactive ketones (excluding diaryl/α,β-unsaturated/α-hetero) is 1. The molecule has 0 radical (unpaired) electrons. The lowest BCUT2D eigenvalue weighted by Crippen LogP contribution is -2.21. The van der Waals surface area contributed by atoms with Gasteiger partial charge in [0.25, 0.3) is 5.91 Å². The molecule has 0 atom stereocenters. The van der Waals surface area contributed by atoms with Gasteiger partial charge >= 0.3 is 5.97 Å². The summed E-state index contributed by atoms with van der Waals surface area (Å²) >= 11 is 0. The first kappa shape index (κ1) is 15.5. The van der Waals surface area contributed by atoms with Crippen LogP contribution in [0.3, 0.4) is 0 Å². The quantitative estimate of drug-likeness (QED) is 0.571. The van der Waals surface area contributed by atoms with Crippen molar-refractivity contribution in [1.82, 2.24) is 0 Å². The highest BCUT2D eigenvalue weighted by molar-refractivity contribution is 6.11. The predicted molar refractivity (Wildman–Crippen MR) is 83.8 cm³/mol. The van der Waals surface area contributed by atoms with Gasteiger partial charge in [-0.15, -0.1) is 0 Å². The number of rotatable bonds is 5. The number of amides is 1. The lowest BCUT2D eigenvalue weighted by Gasteiger charge is -2.05. The molecule has 1 N–H and O–H groups in total. The van der Waals surface area contributed by atoms with Crippen LogP contribution >= 0.6 is 0 Å². The Morgan fingerprint density at radius 3 is 2.67 bits per heavy atom. The Kier molecular flexibility index (Phi) is 4.15. The predicted octanol–water partition coefficient (Wildman–Crippen LogP) is 3.02. The molecule has 24 heavy (non-hydrogen) atoms. The molecule has 0 saturated heterocycles. The molecule has 3 rings (SSSR count). The summed E-state index contributed by atoms with van der Waals surface area (Å²) in [7, 11) is 0. The molecule has 2 aromatic heterocycles. The molecule has 0 fully saturated rings. The average Bonchev–Trinajstić information content (AvgIpc) is 3.21. The van der Waals surface area contributed by atoms with Crippen LogP contribution in [0.15, 0.2) is 51.7 Å². The van der Waals surface area contributed by atoms with Crippen molar-refractivity contribution in [2.24, 2.45) is 0 Å². The molecule has 0 aliphatic heterocycles. The first-order valence-electron chi connectivity index (χ1n) is 7.08. The van der Waals surface area contributed by atoms with E-state index in [-0.39, 0.29) is 22.8 Å². The van der Waals surface area contributed by atoms with E-state index >= 15 is 0 Å². The Hall–Kier alpha value is -3.35. The van der Waals surface area contributed by atoms with Crippen LogP contribution in [-0.2, 0) is 9.53 Å². The smallest absolute Gasteiger partial charge is 0.341 e. The fourth-order valence-electron chi connectivity index (χ4n) is 2.19. The molecular formula is C17H13NO6. The maximum absolute atomic E-state index is 12.0. The Bertz CT molecular complexity index is 906. The number of ketones is 1. The van der Waals surface area contributed by atoms with Gasteiger partial charge in [-0.05, 0) is 18.2 Å². The molecule has 0 aliphatic rings. The number of benzene rings is 1. The van der Waals surface area contributed by atoms with Gasteiger partial charge in [-0.2, -0.15) is 0 Å². The summed E-state index contributed by atoms with van der Waals surface area (Å²) in [5, 5.41) is 3.16. The van der Waals surface area contributed by atoms with Crippen LogP contribution in [-0.4, -0.2) is 24.3 Å². The van der Waals surface area contributed by atoms with Crippen molar-refractivity contribution < 1.29 is 28.0 Å². The van der Waals surface area contributed by atoms with E-state index in [4.69, 9.17) is 13.6 Å². The molecule has 1 amide bonds. The number of carbonyl (C=O) groups is 3. The molecule has 7 heteroatoms. The topological polar surface area (TPSA) is 98.8 Å². The molecule has 0 saturated carbocycles. The number of hydrogen-bond donors (Lipinski definition) is 1. The van der Waals surface area contributed by atoms with E-state index in [0.29, 0.717) is 11.0 Å². The number of anilines is 1. The third-order valence-electron chi connectivity index (χ3n) is 3.27. The van der Waals surface area contributed by atoms with Gasteiger partial charge in [-0.1, -0.05) is 12.1 Å². The Labute approximate surface area is 136 Å². The highest BCUT2D eigenvalue weighted by atomic mass is 16.5. The Morgan fingerprint density at radius 1 is 1.17 bits per heavy atom. The van der Waals surface area contributed by atoms with Crippen LogP contribution in [0.2, 0.25) is 0 Å². The number of ether oxygens (including phenoxy) is 1. The van der Waals surface area contributed by atoms with E-state index in [2.05, 4.69) is 5.32 Å². The first-order valence-corrected chi connectivity index (χ1v) is 7.08. The minimum absolute atomic E-state index is 0.0470. The van der Waals surface area contributed by atoms with Gasteiger partial charge < -0.3 is 18.9 Å². The molecule has 0 bridgehead atoms. The first-order chi connectivity index (χ1) is 11.6. The number of esters is 1. The van der Waals surface area contributed by atoms with E-state index in [1.165, 1.54) is 25.5 Å². The molecule has 0 aliphatic carbocycles. The third-order valence-corrected chi connectivity index (χ3v) is 3.27. The van der Waals surface area contributed by atoms with Crippen molar-refractivity contribution in [3.05, 3.63) is 54.2 Å². The summed E-state index contributed by atoms with van der Waals surface area (Å²) in [5.74, 6) is -1.54. The summed E-state index contributed by atoms with van der Waals surface area (Å²) in [5.41, 5.74) is 0.955. The molecule has 7 nitrogen and oxygen atoms in total. The second-order valence-corrected chi connectivity index (χ2v) is 4.99. The maximum atomic E-state index is 12.0. The van der Waals surface area contributed by atoms with Crippen molar-refractivity contribution in [2.45, 2.75) is 6.92 Å². The Balaban J connectivity index is 1.74. The van der Waals surface area contributed by atoms with Crippen LogP contribution in [0, 0.1) is 0 Å². The van der Waals surface area contributed by atoms with Crippen molar-refractivity contribution in [3.63, 3.8) is 0 Å². The number of carbonyl (C=O) groups excluding carboxylic acids is 3. The van der Waals surface area contributed by atoms with Crippen LogP contribution < -0.4 is 5.32 Å². The van der Waals surface area contributed by atoms with E-state index < -0.39 is 18.5 Å². The van der Waals surface area contributed by atoms with Gasteiger partial charge in [0.2, 0.25) is 0 Å². The molecule has 3 aromatic rings. The fraction of sp³-hybridized carbons (Fsp3) is 0.118. The summed E-state index contributed by atoms with van der Waals surface area (Å²) in [6.45, 7) is 0.840. The number of nitrogens with one attached hydrogen (secondary N) is 1. The van der Waals surface area contributed by atoms with Gasteiger partial charge in [-0.3, -0.25) is 9.59 Å². The molecule has 0 spiro atoms. The highest BCUT2D eigenvalue weighted by Crippen LogP contribution is 2.31. The largest absolute Gasteiger partial charge is 0.472 e. The molecule has 1 aromatic carbocycles. The standard InChI is InChI=1S/C17H13NO6/c1-10(19)16-15(12-4-2-3-5-13(12)24-16)18-14(20)9-23-17(21)11-6-7-22-8-11/h2-8H,9H2,1H3,(H,18,20). The average molecular weight is 327 g/mol. The van der Waals surface area contributed by atoms with E-state index in [9.17, 15) is 14.4 Å². The van der Waals surface area contributed by atoms with Crippen molar-refractivity contribution in [1.29, 1.82) is 0 Å². The second-order valence-electron chi connectivity index (χ2n) is 4.99. The zero-order chi connectivity index (χ0) is 17.1. The minimum Gasteiger partial charge on any atom is -0.472 e. The number of fused-ring (bicyclic) bond motifs is 1. The second kappa shape index (κ2) is 6.41. The summed E-state index contributed by atoms with van der Waals surface area (Å²) < 4.78 is 15.1. The van der Waals surface area contributed by atoms with Crippen LogP contribution in [0.5, 0.6) is 0 Å². The van der Waals surface area contributed by atoms with Gasteiger partial charge in [0.1, 0.15) is 11.8 Å². The SMILES string of the molecule is CC(=O)c1oc2ccccc2c1NC(=O)COC(=O)c1ccoc1. The van der Waals surface area contributed by atoms with Crippen LogP contribution in [0.4, 0.5) is 5.69 Å². The van der Waals surface area contributed by atoms with Gasteiger partial charge in [0, 0.05) is 12.3 Å². The molecule has 0 unspecified atom stereocenters.